The fourth-order valence-corrected chi connectivity index (χ4v) is 2.75. The fraction of sp³-hybridized carbons (Fsp3) is 0.800. The first-order chi connectivity index (χ1) is 8.52. The van der Waals surface area contributed by atoms with E-state index in [2.05, 4.69) is 25.7 Å². The van der Waals surface area contributed by atoms with Gasteiger partial charge in [-0.15, -0.1) is 0 Å². The Morgan fingerprint density at radius 3 is 2.17 bits per heavy atom. The van der Waals surface area contributed by atoms with Crippen molar-refractivity contribution in [2.45, 2.75) is 74.4 Å². The summed E-state index contributed by atoms with van der Waals surface area (Å²) in [4.78, 5) is 11.3. The van der Waals surface area contributed by atoms with Gasteiger partial charge in [0, 0.05) is 0 Å². The summed E-state index contributed by atoms with van der Waals surface area (Å²) in [7, 11) is 0. The van der Waals surface area contributed by atoms with E-state index in [1.165, 1.54) is 57.4 Å². The second kappa shape index (κ2) is 11.1. The van der Waals surface area contributed by atoms with Crippen molar-refractivity contribution in [3.8, 4) is 0 Å². The predicted molar refractivity (Wildman–Crippen MR) is 79.7 cm³/mol. The van der Waals surface area contributed by atoms with Crippen molar-refractivity contribution in [3.05, 3.63) is 12.7 Å². The van der Waals surface area contributed by atoms with Crippen molar-refractivity contribution in [2.75, 3.05) is 0 Å². The maximum atomic E-state index is 11.3. The van der Waals surface area contributed by atoms with Gasteiger partial charge >= 0.3 is 131 Å². The zero-order valence-corrected chi connectivity index (χ0v) is 14.6. The van der Waals surface area contributed by atoms with E-state index in [0.29, 0.717) is 0 Å². The second-order valence-corrected chi connectivity index (χ2v) is 8.01. The average Bonchev–Trinajstić information content (AvgIpc) is 2.31. The van der Waals surface area contributed by atoms with Crippen molar-refractivity contribution in [1.82, 2.24) is 5.32 Å². The third-order valence-corrected chi connectivity index (χ3v) is 4.05. The molecule has 0 aromatic rings. The van der Waals surface area contributed by atoms with Gasteiger partial charge in [0.25, 0.3) is 0 Å². The molecule has 2 nitrogen and oxygen atoms in total. The number of unbranched alkanes of at least 4 members (excludes halogenated alkanes) is 7. The molecule has 0 fully saturated rings. The molecule has 0 bridgehead atoms. The summed E-state index contributed by atoms with van der Waals surface area (Å²) >= 11 is 0.992. The quantitative estimate of drug-likeness (QED) is 0.343. The van der Waals surface area contributed by atoms with Crippen LogP contribution in [-0.4, -0.2) is 36.6 Å². The molecule has 100 valence electrons. The summed E-state index contributed by atoms with van der Waals surface area (Å²) in [6.45, 7) is 7.89. The molecular formula is C15H28NNaO. The summed E-state index contributed by atoms with van der Waals surface area (Å²) < 4.78 is 0.0352. The van der Waals surface area contributed by atoms with E-state index < -0.39 is 0 Å². The van der Waals surface area contributed by atoms with Gasteiger partial charge in [0.05, 0.1) is 0 Å². The van der Waals surface area contributed by atoms with Crippen molar-refractivity contribution < 1.29 is 4.79 Å². The normalized spacial score (nSPS) is 14.0. The Kier molecular flexibility index (Phi) is 11.2. The van der Waals surface area contributed by atoms with Gasteiger partial charge in [-0.05, 0) is 0 Å². The molecule has 0 spiro atoms. The van der Waals surface area contributed by atoms with Crippen molar-refractivity contribution >= 4 is 33.8 Å². The third kappa shape index (κ3) is 11.3. The molecule has 0 aromatic heterocycles. The average molecular weight is 261 g/mol. The van der Waals surface area contributed by atoms with Crippen LogP contribution in [0.1, 0.15) is 71.6 Å². The minimum atomic E-state index is -0.0351. The fourth-order valence-electron chi connectivity index (χ4n) is 2.15. The van der Waals surface area contributed by atoms with Gasteiger partial charge < -0.3 is 0 Å². The Labute approximate surface area is 130 Å². The van der Waals surface area contributed by atoms with E-state index in [1.807, 2.05) is 0 Å². The van der Waals surface area contributed by atoms with Gasteiger partial charge in [0.1, 0.15) is 0 Å². The molecule has 0 rings (SSSR count). The zero-order chi connectivity index (χ0) is 13.9. The number of hydrogen-bond acceptors (Lipinski definition) is 1. The van der Waals surface area contributed by atoms with Crippen LogP contribution in [0.2, 0.25) is 0 Å². The van der Waals surface area contributed by atoms with Gasteiger partial charge in [-0.3, -0.25) is 0 Å². The van der Waals surface area contributed by atoms with Gasteiger partial charge in [-0.2, -0.15) is 0 Å². The Hall–Kier alpha value is 0.210. The molecule has 0 radical (unpaired) electrons. The molecule has 18 heavy (non-hydrogen) atoms. The first kappa shape index (κ1) is 18.2. The second-order valence-electron chi connectivity index (χ2n) is 5.80. The molecule has 1 atom stereocenters. The summed E-state index contributed by atoms with van der Waals surface area (Å²) in [5, 5.41) is 3.03. The topological polar surface area (TPSA) is 29.1 Å². The zero-order valence-electron chi connectivity index (χ0n) is 12.6. The first-order valence-corrected chi connectivity index (χ1v) is 8.46. The van der Waals surface area contributed by atoms with E-state index in [4.69, 9.17) is 0 Å². The van der Waals surface area contributed by atoms with Crippen molar-refractivity contribution in [2.24, 2.45) is 0 Å². The van der Waals surface area contributed by atoms with Gasteiger partial charge in [-0.25, -0.2) is 0 Å². The number of carbonyl (C=O) groups is 1. The maximum absolute atomic E-state index is 11.3. The Morgan fingerprint density at radius 1 is 1.17 bits per heavy atom. The van der Waals surface area contributed by atoms with E-state index >= 15 is 0 Å². The van der Waals surface area contributed by atoms with Gasteiger partial charge in [0.15, 0.2) is 0 Å². The predicted octanol–water partition coefficient (Wildman–Crippen LogP) is 3.70. The molecule has 1 amide bonds. The molecule has 0 saturated carbocycles. The Balaban J connectivity index is 3.46. The molecule has 1 N–H and O–H groups in total. The van der Waals surface area contributed by atoms with Crippen LogP contribution in [0.3, 0.4) is 0 Å². The van der Waals surface area contributed by atoms with Crippen LogP contribution >= 0.6 is 0 Å². The number of rotatable bonds is 11. The molecule has 3 heteroatoms. The molecule has 0 heterocycles. The molecular weight excluding hydrogens is 233 g/mol. The van der Waals surface area contributed by atoms with Crippen LogP contribution in [0, 0.1) is 0 Å². The molecule has 0 aliphatic heterocycles. The summed E-state index contributed by atoms with van der Waals surface area (Å²) in [6, 6.07) is 0. The van der Waals surface area contributed by atoms with E-state index in [1.54, 1.807) is 0 Å². The number of hydrogen-bond donors (Lipinski definition) is 1. The molecule has 0 aromatic carbocycles. The summed E-state index contributed by atoms with van der Waals surface area (Å²) in [6.07, 6.45) is 13.2. The van der Waals surface area contributed by atoms with E-state index in [9.17, 15) is 4.79 Å². The monoisotopic (exact) mass is 261 g/mol. The van der Waals surface area contributed by atoms with Crippen LogP contribution in [0.25, 0.3) is 0 Å². The van der Waals surface area contributed by atoms with E-state index in [0.717, 1.165) is 34.4 Å². The number of nitrogens with one attached hydrogen (secondary N) is 1. The van der Waals surface area contributed by atoms with Crippen LogP contribution in [0.5, 0.6) is 0 Å². The van der Waals surface area contributed by atoms with Crippen molar-refractivity contribution in [1.29, 1.82) is 0 Å². The number of carbonyl (C=O) groups excluding carboxylic acids is 1. The van der Waals surface area contributed by atoms with Crippen LogP contribution in [0.4, 0.5) is 0 Å². The standard InChI is InChI=1S/C15H28NO.Na/c1-4-6-7-8-9-10-11-12-13-14(3)16-15(17)5-2;/h5H,2,4,6-13H2,1,3H3,(H,16,17);. The van der Waals surface area contributed by atoms with E-state index in [-0.39, 0.29) is 8.70 Å². The number of amides is 1. The SMILES string of the molecule is C=CC(=O)N[C](C)([Na])CCCCCCCCCC. The van der Waals surface area contributed by atoms with Gasteiger partial charge in [0.2, 0.25) is 0 Å². The Bertz CT molecular complexity index is 239. The summed E-state index contributed by atoms with van der Waals surface area (Å²) in [5.41, 5.74) is 0. The Morgan fingerprint density at radius 2 is 1.67 bits per heavy atom. The molecule has 0 aliphatic rings. The molecule has 0 aliphatic carbocycles. The molecule has 0 saturated heterocycles. The van der Waals surface area contributed by atoms with Crippen LogP contribution in [0.15, 0.2) is 12.7 Å². The van der Waals surface area contributed by atoms with Crippen LogP contribution < -0.4 is 5.32 Å². The first-order valence-electron chi connectivity index (χ1n) is 7.46. The van der Waals surface area contributed by atoms with Crippen molar-refractivity contribution in [3.63, 3.8) is 0 Å². The third-order valence-electron chi connectivity index (χ3n) is 3.30. The molecule has 1 unspecified atom stereocenters. The van der Waals surface area contributed by atoms with Gasteiger partial charge in [-0.1, -0.05) is 0 Å². The summed E-state index contributed by atoms with van der Waals surface area (Å²) in [5.74, 6) is -0.0351. The van der Waals surface area contributed by atoms with Crippen LogP contribution in [-0.2, 0) is 4.79 Å². The minimum absolute atomic E-state index is 0.0351.